The van der Waals surface area contributed by atoms with Gasteiger partial charge in [0.25, 0.3) is 0 Å². The summed E-state index contributed by atoms with van der Waals surface area (Å²) in [6.07, 6.45) is 1.55. The van der Waals surface area contributed by atoms with Crippen LogP contribution in [0.5, 0.6) is 0 Å². The standard InChI is InChI=1S/C17H29N5O3/c1-14(21-9-11-24-12-10-21)3-4-17(23)22-7-5-20(6-8-22)13-16-18-15(2)25-19-16/h14H,3-13H2,1-2H3/t14-/m0/s1. The number of aryl methyl sites for hydroxylation is 1. The summed E-state index contributed by atoms with van der Waals surface area (Å²) in [5.74, 6) is 1.59. The number of carbonyl (C=O) groups is 1. The fourth-order valence-corrected chi connectivity index (χ4v) is 3.45. The third-order valence-electron chi connectivity index (χ3n) is 5.10. The Balaban J connectivity index is 1.36. The molecule has 1 aromatic rings. The summed E-state index contributed by atoms with van der Waals surface area (Å²) < 4.78 is 10.4. The van der Waals surface area contributed by atoms with E-state index in [0.717, 1.165) is 64.7 Å². The molecular weight excluding hydrogens is 322 g/mol. The maximum absolute atomic E-state index is 12.5. The summed E-state index contributed by atoms with van der Waals surface area (Å²) in [4.78, 5) is 23.4. The quantitative estimate of drug-likeness (QED) is 0.740. The van der Waals surface area contributed by atoms with Gasteiger partial charge in [-0.1, -0.05) is 5.16 Å². The van der Waals surface area contributed by atoms with Crippen LogP contribution in [0.4, 0.5) is 0 Å². The van der Waals surface area contributed by atoms with Crippen LogP contribution in [0.3, 0.4) is 0 Å². The fourth-order valence-electron chi connectivity index (χ4n) is 3.45. The highest BCUT2D eigenvalue weighted by atomic mass is 16.5. The third kappa shape index (κ3) is 5.23. The Labute approximate surface area is 149 Å². The molecule has 0 unspecified atom stereocenters. The Hall–Kier alpha value is -1.51. The number of amides is 1. The fraction of sp³-hybridized carbons (Fsp3) is 0.824. The van der Waals surface area contributed by atoms with Crippen molar-refractivity contribution in [1.29, 1.82) is 0 Å². The van der Waals surface area contributed by atoms with E-state index in [1.165, 1.54) is 0 Å². The van der Waals surface area contributed by atoms with Gasteiger partial charge < -0.3 is 14.2 Å². The Kier molecular flexibility index (Phi) is 6.39. The minimum atomic E-state index is 0.273. The minimum Gasteiger partial charge on any atom is -0.379 e. The van der Waals surface area contributed by atoms with Crippen molar-refractivity contribution in [3.63, 3.8) is 0 Å². The van der Waals surface area contributed by atoms with Crippen LogP contribution < -0.4 is 0 Å². The lowest BCUT2D eigenvalue weighted by Crippen LogP contribution is -2.48. The Morgan fingerprint density at radius 2 is 1.88 bits per heavy atom. The number of ether oxygens (including phenoxy) is 1. The van der Waals surface area contributed by atoms with Crippen LogP contribution in [-0.2, 0) is 16.1 Å². The van der Waals surface area contributed by atoms with Crippen molar-refractivity contribution >= 4 is 5.91 Å². The third-order valence-corrected chi connectivity index (χ3v) is 5.10. The van der Waals surface area contributed by atoms with Crippen LogP contribution in [0.15, 0.2) is 4.52 Å². The Morgan fingerprint density at radius 1 is 1.16 bits per heavy atom. The van der Waals surface area contributed by atoms with Crippen molar-refractivity contribution in [1.82, 2.24) is 24.8 Å². The Bertz CT molecular complexity index is 550. The van der Waals surface area contributed by atoms with Crippen LogP contribution in [-0.4, -0.2) is 89.3 Å². The molecule has 2 saturated heterocycles. The molecule has 1 amide bonds. The van der Waals surface area contributed by atoms with E-state index < -0.39 is 0 Å². The number of hydrogen-bond acceptors (Lipinski definition) is 7. The van der Waals surface area contributed by atoms with Crippen molar-refractivity contribution < 1.29 is 14.1 Å². The van der Waals surface area contributed by atoms with Crippen molar-refractivity contribution in [3.8, 4) is 0 Å². The van der Waals surface area contributed by atoms with E-state index in [4.69, 9.17) is 9.26 Å². The lowest BCUT2D eigenvalue weighted by atomic mass is 10.1. The second-order valence-corrected chi connectivity index (χ2v) is 6.92. The second kappa shape index (κ2) is 8.73. The molecule has 0 saturated carbocycles. The van der Waals surface area contributed by atoms with Gasteiger partial charge in [-0.25, -0.2) is 0 Å². The molecule has 8 heteroatoms. The number of nitrogens with zero attached hydrogens (tertiary/aromatic N) is 5. The van der Waals surface area contributed by atoms with E-state index >= 15 is 0 Å². The highest BCUT2D eigenvalue weighted by Crippen LogP contribution is 2.12. The summed E-state index contributed by atoms with van der Waals surface area (Å²) in [5, 5.41) is 3.94. The monoisotopic (exact) mass is 351 g/mol. The van der Waals surface area contributed by atoms with Crippen LogP contribution in [0.1, 0.15) is 31.5 Å². The molecule has 2 aliphatic heterocycles. The highest BCUT2D eigenvalue weighted by molar-refractivity contribution is 5.76. The maximum Gasteiger partial charge on any atom is 0.223 e. The van der Waals surface area contributed by atoms with Crippen molar-refractivity contribution in [2.75, 3.05) is 52.5 Å². The number of carbonyl (C=O) groups excluding carboxylic acids is 1. The summed E-state index contributed by atoms with van der Waals surface area (Å²) >= 11 is 0. The summed E-state index contributed by atoms with van der Waals surface area (Å²) in [6.45, 7) is 11.5. The van der Waals surface area contributed by atoms with Gasteiger partial charge in [-0.05, 0) is 13.3 Å². The van der Waals surface area contributed by atoms with Gasteiger partial charge in [0.1, 0.15) is 0 Å². The normalized spacial score (nSPS) is 21.4. The average Bonchev–Trinajstić information content (AvgIpc) is 3.05. The number of hydrogen-bond donors (Lipinski definition) is 0. The van der Waals surface area contributed by atoms with Crippen LogP contribution in [0.2, 0.25) is 0 Å². The van der Waals surface area contributed by atoms with E-state index in [1.54, 1.807) is 6.92 Å². The molecule has 0 aliphatic carbocycles. The zero-order valence-corrected chi connectivity index (χ0v) is 15.3. The molecule has 0 aromatic carbocycles. The molecule has 1 atom stereocenters. The van der Waals surface area contributed by atoms with Gasteiger partial charge in [0.2, 0.25) is 11.8 Å². The number of rotatable bonds is 6. The van der Waals surface area contributed by atoms with Gasteiger partial charge >= 0.3 is 0 Å². The second-order valence-electron chi connectivity index (χ2n) is 6.92. The molecule has 2 aliphatic rings. The van der Waals surface area contributed by atoms with Crippen molar-refractivity contribution in [2.45, 2.75) is 39.3 Å². The predicted octanol–water partition coefficient (Wildman–Crippen LogP) is 0.523. The zero-order chi connectivity index (χ0) is 17.6. The highest BCUT2D eigenvalue weighted by Gasteiger charge is 2.23. The molecule has 0 radical (unpaired) electrons. The lowest BCUT2D eigenvalue weighted by Gasteiger charge is -2.35. The van der Waals surface area contributed by atoms with Crippen LogP contribution in [0.25, 0.3) is 0 Å². The van der Waals surface area contributed by atoms with E-state index in [0.29, 0.717) is 24.9 Å². The first kappa shape index (κ1) is 18.3. The van der Waals surface area contributed by atoms with Gasteiger partial charge in [-0.2, -0.15) is 4.98 Å². The van der Waals surface area contributed by atoms with Crippen molar-refractivity contribution in [3.05, 3.63) is 11.7 Å². The molecule has 3 rings (SSSR count). The van der Waals surface area contributed by atoms with Crippen LogP contribution >= 0.6 is 0 Å². The molecular formula is C17H29N5O3. The number of aromatic nitrogens is 2. The number of piperazine rings is 1. The van der Waals surface area contributed by atoms with Gasteiger partial charge in [0, 0.05) is 58.7 Å². The molecule has 140 valence electrons. The zero-order valence-electron chi connectivity index (χ0n) is 15.3. The van der Waals surface area contributed by atoms with Crippen LogP contribution in [0, 0.1) is 6.92 Å². The number of morpholine rings is 1. The summed E-state index contributed by atoms with van der Waals surface area (Å²) in [6, 6.07) is 0.440. The first-order valence-corrected chi connectivity index (χ1v) is 9.23. The summed E-state index contributed by atoms with van der Waals surface area (Å²) in [7, 11) is 0. The molecule has 1 aromatic heterocycles. The largest absolute Gasteiger partial charge is 0.379 e. The Morgan fingerprint density at radius 3 is 2.52 bits per heavy atom. The van der Waals surface area contributed by atoms with Gasteiger partial charge in [-0.3, -0.25) is 14.6 Å². The molecule has 3 heterocycles. The lowest BCUT2D eigenvalue weighted by molar-refractivity contribution is -0.133. The molecule has 0 bridgehead atoms. The minimum absolute atomic E-state index is 0.273. The topological polar surface area (TPSA) is 74.9 Å². The maximum atomic E-state index is 12.5. The summed E-state index contributed by atoms with van der Waals surface area (Å²) in [5.41, 5.74) is 0. The van der Waals surface area contributed by atoms with E-state index in [1.807, 2.05) is 4.90 Å². The molecule has 8 nitrogen and oxygen atoms in total. The van der Waals surface area contributed by atoms with Crippen molar-refractivity contribution in [2.24, 2.45) is 0 Å². The first-order chi connectivity index (χ1) is 12.1. The molecule has 0 spiro atoms. The first-order valence-electron chi connectivity index (χ1n) is 9.23. The van der Waals surface area contributed by atoms with E-state index in [2.05, 4.69) is 26.9 Å². The van der Waals surface area contributed by atoms with Gasteiger partial charge in [0.15, 0.2) is 5.82 Å². The van der Waals surface area contributed by atoms with E-state index in [-0.39, 0.29) is 5.91 Å². The SMILES string of the molecule is Cc1nc(CN2CCN(C(=O)CC[C@H](C)N3CCOCC3)CC2)no1. The molecule has 25 heavy (non-hydrogen) atoms. The van der Waals surface area contributed by atoms with Gasteiger partial charge in [0.05, 0.1) is 19.8 Å². The molecule has 2 fully saturated rings. The van der Waals surface area contributed by atoms with Gasteiger partial charge in [-0.15, -0.1) is 0 Å². The smallest absolute Gasteiger partial charge is 0.223 e. The van der Waals surface area contributed by atoms with E-state index in [9.17, 15) is 4.79 Å². The predicted molar refractivity (Wildman–Crippen MR) is 92.0 cm³/mol. The molecule has 0 N–H and O–H groups in total. The average molecular weight is 351 g/mol.